The van der Waals surface area contributed by atoms with Crippen molar-refractivity contribution in [3.8, 4) is 0 Å². The van der Waals surface area contributed by atoms with Gasteiger partial charge >= 0.3 is 0 Å². The van der Waals surface area contributed by atoms with Gasteiger partial charge in [-0.15, -0.1) is 0 Å². The molecule has 0 N–H and O–H groups in total. The minimum atomic E-state index is 0.812. The first-order chi connectivity index (χ1) is 7.11. The van der Waals surface area contributed by atoms with E-state index in [1.54, 1.807) is 0 Å². The molecule has 0 aromatic rings. The van der Waals surface area contributed by atoms with Crippen LogP contribution in [-0.4, -0.2) is 41.2 Å². The van der Waals surface area contributed by atoms with E-state index in [2.05, 4.69) is 52.0 Å². The molecule has 0 aromatic carbocycles. The van der Waals surface area contributed by atoms with E-state index in [1.165, 1.54) is 44.9 Å². The lowest BCUT2D eigenvalue weighted by molar-refractivity contribution is 0.255. The van der Waals surface area contributed by atoms with Crippen LogP contribution in [-0.2, 0) is 0 Å². The lowest BCUT2D eigenvalue weighted by atomic mass is 10.0. The van der Waals surface area contributed by atoms with E-state index in [4.69, 9.17) is 0 Å². The first-order valence-electron chi connectivity index (χ1n) is 6.16. The maximum absolute atomic E-state index is 2.45. The predicted octanol–water partition coefficient (Wildman–Crippen LogP) is 3.31. The maximum Gasteiger partial charge on any atom is 0.0201 e. The van der Waals surface area contributed by atoms with Gasteiger partial charge < -0.3 is 4.90 Å². The van der Waals surface area contributed by atoms with Crippen LogP contribution >= 0.6 is 22.9 Å². The zero-order valence-electron chi connectivity index (χ0n) is 10.4. The van der Waals surface area contributed by atoms with E-state index in [0.717, 1.165) is 12.1 Å². The summed E-state index contributed by atoms with van der Waals surface area (Å²) in [6.45, 7) is 0. The summed E-state index contributed by atoms with van der Waals surface area (Å²) in [5.74, 6) is 0. The zero-order chi connectivity index (χ0) is 11.3. The minimum absolute atomic E-state index is 0.812. The van der Waals surface area contributed by atoms with Gasteiger partial charge in [-0.2, -0.15) is 0 Å². The van der Waals surface area contributed by atoms with Crippen molar-refractivity contribution < 1.29 is 0 Å². The van der Waals surface area contributed by atoms with Gasteiger partial charge in [0.15, 0.2) is 0 Å². The second kappa shape index (κ2) is 7.07. The Morgan fingerprint density at radius 1 is 0.800 bits per heavy atom. The van der Waals surface area contributed by atoms with Crippen LogP contribution in [0.25, 0.3) is 0 Å². The van der Waals surface area contributed by atoms with Gasteiger partial charge in [0.05, 0.1) is 0 Å². The van der Waals surface area contributed by atoms with E-state index in [1.807, 2.05) is 0 Å². The van der Waals surface area contributed by atoms with Crippen LogP contribution < -0.4 is 0 Å². The van der Waals surface area contributed by atoms with Gasteiger partial charge in [0.2, 0.25) is 0 Å². The predicted molar refractivity (Wildman–Crippen MR) is 75.4 cm³/mol. The summed E-state index contributed by atoms with van der Waals surface area (Å²) in [5, 5.41) is 0. The molecule has 2 atom stereocenters. The quantitative estimate of drug-likeness (QED) is 0.568. The second-order valence-electron chi connectivity index (χ2n) is 5.01. The molecule has 3 heteroatoms. The highest BCUT2D eigenvalue weighted by Gasteiger charge is 2.18. The first-order valence-corrected chi connectivity index (χ1v) is 7.12. The SMILES string of the molecule is CN(C)C1CCCCC(N(C)I)CCC1. The average Bonchev–Trinajstić information content (AvgIpc) is 2.27. The Labute approximate surface area is 109 Å². The first kappa shape index (κ1) is 13.7. The molecule has 1 rings (SSSR count). The summed E-state index contributed by atoms with van der Waals surface area (Å²) in [7, 11) is 6.67. The third-order valence-corrected chi connectivity index (χ3v) is 4.42. The molecule has 0 spiro atoms. The summed E-state index contributed by atoms with van der Waals surface area (Å²) < 4.78 is 2.38. The molecule has 1 saturated carbocycles. The Morgan fingerprint density at radius 2 is 1.27 bits per heavy atom. The zero-order valence-corrected chi connectivity index (χ0v) is 12.5. The standard InChI is InChI=1S/C12H25IN2/c1-14(2)11-7-4-5-8-12(15(3)13)10-6-9-11/h11-12H,4-10H2,1-3H3. The van der Waals surface area contributed by atoms with Crippen LogP contribution in [0.2, 0.25) is 0 Å². The molecule has 1 aliphatic carbocycles. The highest BCUT2D eigenvalue weighted by Crippen LogP contribution is 2.23. The molecule has 0 amide bonds. The molecule has 0 aromatic heterocycles. The summed E-state index contributed by atoms with van der Waals surface area (Å²) in [6.07, 6.45) is 9.75. The van der Waals surface area contributed by atoms with Crippen LogP contribution in [0.1, 0.15) is 44.9 Å². The lowest BCUT2D eigenvalue weighted by Crippen LogP contribution is -2.27. The molecule has 90 valence electrons. The van der Waals surface area contributed by atoms with Crippen molar-refractivity contribution in [3.05, 3.63) is 0 Å². The molecular weight excluding hydrogens is 299 g/mol. The number of halogens is 1. The van der Waals surface area contributed by atoms with E-state index >= 15 is 0 Å². The molecule has 2 unspecified atom stereocenters. The Kier molecular flexibility index (Phi) is 6.46. The summed E-state index contributed by atoms with van der Waals surface area (Å²) in [4.78, 5) is 2.41. The lowest BCUT2D eigenvalue weighted by Gasteiger charge is -2.24. The van der Waals surface area contributed by atoms with E-state index < -0.39 is 0 Å². The molecule has 0 saturated heterocycles. The maximum atomic E-state index is 2.45. The fourth-order valence-corrected chi connectivity index (χ4v) is 3.07. The third-order valence-electron chi connectivity index (χ3n) is 3.63. The number of nitrogens with zero attached hydrogens (tertiary/aromatic N) is 2. The van der Waals surface area contributed by atoms with Crippen molar-refractivity contribution in [2.75, 3.05) is 21.1 Å². The fraction of sp³-hybridized carbons (Fsp3) is 1.00. The topological polar surface area (TPSA) is 6.48 Å². The summed E-state index contributed by atoms with van der Waals surface area (Å²) >= 11 is 2.45. The van der Waals surface area contributed by atoms with Crippen LogP contribution in [0, 0.1) is 0 Å². The van der Waals surface area contributed by atoms with Crippen molar-refractivity contribution in [3.63, 3.8) is 0 Å². The summed E-state index contributed by atoms with van der Waals surface area (Å²) in [5.41, 5.74) is 0. The molecule has 15 heavy (non-hydrogen) atoms. The van der Waals surface area contributed by atoms with Crippen LogP contribution in [0.4, 0.5) is 0 Å². The molecule has 0 bridgehead atoms. The van der Waals surface area contributed by atoms with Crippen molar-refractivity contribution >= 4 is 22.9 Å². The van der Waals surface area contributed by atoms with Crippen LogP contribution in [0.15, 0.2) is 0 Å². The molecule has 1 fully saturated rings. The van der Waals surface area contributed by atoms with Crippen molar-refractivity contribution in [2.24, 2.45) is 0 Å². The monoisotopic (exact) mass is 324 g/mol. The Bertz CT molecular complexity index is 153. The van der Waals surface area contributed by atoms with Gasteiger partial charge in [-0.05, 0) is 46.8 Å². The van der Waals surface area contributed by atoms with Crippen molar-refractivity contribution in [1.82, 2.24) is 8.01 Å². The second-order valence-corrected chi connectivity index (χ2v) is 6.53. The smallest absolute Gasteiger partial charge is 0.0201 e. The van der Waals surface area contributed by atoms with Gasteiger partial charge in [0.1, 0.15) is 0 Å². The fourth-order valence-electron chi connectivity index (χ4n) is 2.51. The molecule has 0 heterocycles. The van der Waals surface area contributed by atoms with E-state index in [0.29, 0.717) is 0 Å². The highest BCUT2D eigenvalue weighted by molar-refractivity contribution is 14.1. The summed E-state index contributed by atoms with van der Waals surface area (Å²) in [6, 6.07) is 1.63. The molecule has 0 radical (unpaired) electrons. The minimum Gasteiger partial charge on any atom is -0.306 e. The van der Waals surface area contributed by atoms with E-state index in [-0.39, 0.29) is 0 Å². The van der Waals surface area contributed by atoms with E-state index in [9.17, 15) is 0 Å². The third kappa shape index (κ3) is 5.00. The number of hydrogen-bond acceptors (Lipinski definition) is 2. The highest BCUT2D eigenvalue weighted by atomic mass is 127. The largest absolute Gasteiger partial charge is 0.306 e. The van der Waals surface area contributed by atoms with Gasteiger partial charge in [-0.3, -0.25) is 0 Å². The Morgan fingerprint density at radius 3 is 1.80 bits per heavy atom. The molecule has 1 aliphatic rings. The van der Waals surface area contributed by atoms with Crippen LogP contribution in [0.5, 0.6) is 0 Å². The average molecular weight is 324 g/mol. The van der Waals surface area contributed by atoms with Gasteiger partial charge in [0, 0.05) is 34.9 Å². The Balaban J connectivity index is 2.41. The van der Waals surface area contributed by atoms with Gasteiger partial charge in [0.25, 0.3) is 0 Å². The number of hydrogen-bond donors (Lipinski definition) is 0. The molecular formula is C12H25IN2. The Hall–Kier alpha value is 0.650. The van der Waals surface area contributed by atoms with Crippen LogP contribution in [0.3, 0.4) is 0 Å². The molecule has 2 nitrogen and oxygen atoms in total. The van der Waals surface area contributed by atoms with Gasteiger partial charge in [-0.25, -0.2) is 3.11 Å². The number of rotatable bonds is 2. The van der Waals surface area contributed by atoms with Crippen molar-refractivity contribution in [2.45, 2.75) is 57.0 Å². The van der Waals surface area contributed by atoms with Crippen molar-refractivity contribution in [1.29, 1.82) is 0 Å². The normalized spacial score (nSPS) is 30.0. The van der Waals surface area contributed by atoms with Gasteiger partial charge in [-0.1, -0.05) is 19.3 Å². The molecule has 0 aliphatic heterocycles.